The van der Waals surface area contributed by atoms with Crippen LogP contribution in [0.25, 0.3) is 0 Å². The van der Waals surface area contributed by atoms with Crippen molar-refractivity contribution in [1.82, 2.24) is 4.98 Å². The van der Waals surface area contributed by atoms with Gasteiger partial charge in [-0.25, -0.2) is 9.78 Å². The predicted molar refractivity (Wildman–Crippen MR) is 42.7 cm³/mol. The number of rotatable bonds is 2. The van der Waals surface area contributed by atoms with E-state index in [-0.39, 0.29) is 5.69 Å². The summed E-state index contributed by atoms with van der Waals surface area (Å²) in [6.45, 7) is 0. The monoisotopic (exact) mass is 180 g/mol. The number of hydrogen-bond acceptors (Lipinski definition) is 4. The molecule has 60 valence electrons. The number of thiocyanates is 1. The van der Waals surface area contributed by atoms with E-state index in [0.717, 1.165) is 11.8 Å². The molecule has 0 spiro atoms. The van der Waals surface area contributed by atoms with Crippen molar-refractivity contribution in [2.24, 2.45) is 0 Å². The number of hydrogen-bond donors (Lipinski definition) is 1. The number of nitrogens with zero attached hydrogens (tertiary/aromatic N) is 2. The predicted octanol–water partition coefficient (Wildman–Crippen LogP) is 1.35. The zero-order valence-corrected chi connectivity index (χ0v) is 6.71. The number of nitriles is 1. The molecule has 0 atom stereocenters. The lowest BCUT2D eigenvalue weighted by molar-refractivity contribution is 0.0690. The average molecular weight is 180 g/mol. The maximum atomic E-state index is 10.3. The number of pyridine rings is 1. The van der Waals surface area contributed by atoms with Gasteiger partial charge in [-0.1, -0.05) is 0 Å². The highest BCUT2D eigenvalue weighted by Gasteiger charge is 2.02. The van der Waals surface area contributed by atoms with E-state index < -0.39 is 5.97 Å². The van der Waals surface area contributed by atoms with Crippen LogP contribution in [0.1, 0.15) is 10.5 Å². The topological polar surface area (TPSA) is 74.0 Å². The van der Waals surface area contributed by atoms with Crippen molar-refractivity contribution in [3.8, 4) is 5.40 Å². The van der Waals surface area contributed by atoms with Crippen molar-refractivity contribution < 1.29 is 9.90 Å². The Balaban J connectivity index is 2.87. The number of aromatic carboxylic acids is 1. The van der Waals surface area contributed by atoms with Crippen LogP contribution >= 0.6 is 11.8 Å². The van der Waals surface area contributed by atoms with Gasteiger partial charge in [0.1, 0.15) is 11.1 Å². The molecule has 1 N–H and O–H groups in total. The summed E-state index contributed by atoms with van der Waals surface area (Å²) in [7, 11) is 0. The Kier molecular flexibility index (Phi) is 2.66. The molecular formula is C7H4N2O2S. The Labute approximate surface area is 72.9 Å². The van der Waals surface area contributed by atoms with Crippen molar-refractivity contribution in [3.63, 3.8) is 0 Å². The molecule has 0 aromatic carbocycles. The van der Waals surface area contributed by atoms with Gasteiger partial charge in [0.15, 0.2) is 0 Å². The first-order valence-corrected chi connectivity index (χ1v) is 3.81. The fourth-order valence-electron chi connectivity index (χ4n) is 0.620. The Morgan fingerprint density at radius 1 is 1.67 bits per heavy atom. The van der Waals surface area contributed by atoms with Crippen molar-refractivity contribution >= 4 is 17.7 Å². The van der Waals surface area contributed by atoms with Crippen molar-refractivity contribution in [3.05, 3.63) is 24.0 Å². The Morgan fingerprint density at radius 2 is 2.42 bits per heavy atom. The first-order valence-electron chi connectivity index (χ1n) is 2.99. The lowest BCUT2D eigenvalue weighted by Gasteiger charge is -1.93. The highest BCUT2D eigenvalue weighted by Crippen LogP contribution is 2.14. The molecule has 12 heavy (non-hydrogen) atoms. The van der Waals surface area contributed by atoms with Gasteiger partial charge in [-0.2, -0.15) is 5.26 Å². The summed E-state index contributed by atoms with van der Waals surface area (Å²) in [6, 6.07) is 2.91. The molecule has 0 fully saturated rings. The van der Waals surface area contributed by atoms with E-state index in [1.807, 2.05) is 5.40 Å². The van der Waals surface area contributed by atoms with Gasteiger partial charge in [0, 0.05) is 11.1 Å². The summed E-state index contributed by atoms with van der Waals surface area (Å²) in [5.41, 5.74) is -0.0164. The van der Waals surface area contributed by atoms with Gasteiger partial charge in [-0.05, 0) is 23.9 Å². The molecule has 0 unspecified atom stereocenters. The number of aromatic nitrogens is 1. The van der Waals surface area contributed by atoms with Gasteiger partial charge in [-0.3, -0.25) is 0 Å². The second-order valence-electron chi connectivity index (χ2n) is 1.88. The van der Waals surface area contributed by atoms with Gasteiger partial charge < -0.3 is 5.11 Å². The third-order valence-electron chi connectivity index (χ3n) is 1.12. The SMILES string of the molecule is N#CSc1ccc(C(=O)O)nc1. The minimum absolute atomic E-state index is 0.0164. The van der Waals surface area contributed by atoms with Crippen LogP contribution in [-0.2, 0) is 0 Å². The second kappa shape index (κ2) is 3.74. The molecule has 1 heterocycles. The quantitative estimate of drug-likeness (QED) is 0.549. The molecule has 1 rings (SSSR count). The molecule has 1 aromatic heterocycles. The van der Waals surface area contributed by atoms with Gasteiger partial charge >= 0.3 is 5.97 Å². The standard InChI is InChI=1S/C7H4N2O2S/c8-4-12-5-1-2-6(7(10)11)9-3-5/h1-3H,(H,10,11). The molecule has 1 aromatic rings. The number of thioether (sulfide) groups is 1. The lowest BCUT2D eigenvalue weighted by Crippen LogP contribution is -1.98. The van der Waals surface area contributed by atoms with Gasteiger partial charge in [0.05, 0.1) is 0 Å². The first-order chi connectivity index (χ1) is 5.74. The van der Waals surface area contributed by atoms with Crippen LogP contribution in [0.2, 0.25) is 0 Å². The van der Waals surface area contributed by atoms with Crippen LogP contribution in [-0.4, -0.2) is 16.1 Å². The number of carboxylic acid groups (broad SMARTS) is 1. The minimum atomic E-state index is -1.07. The Bertz CT molecular complexity index is 328. The summed E-state index contributed by atoms with van der Waals surface area (Å²) in [5, 5.41) is 18.6. The van der Waals surface area contributed by atoms with Crippen LogP contribution < -0.4 is 0 Å². The molecule has 0 aliphatic heterocycles. The summed E-state index contributed by atoms with van der Waals surface area (Å²) in [4.78, 5) is 14.6. The molecule has 0 saturated heterocycles. The first kappa shape index (κ1) is 8.56. The zero-order valence-electron chi connectivity index (χ0n) is 5.89. The lowest BCUT2D eigenvalue weighted by atomic mass is 10.4. The van der Waals surface area contributed by atoms with Crippen LogP contribution in [0, 0.1) is 10.7 Å². The largest absolute Gasteiger partial charge is 0.477 e. The van der Waals surface area contributed by atoms with E-state index in [1.165, 1.54) is 12.3 Å². The smallest absolute Gasteiger partial charge is 0.354 e. The van der Waals surface area contributed by atoms with Gasteiger partial charge in [-0.15, -0.1) is 0 Å². The molecule has 0 radical (unpaired) electrons. The molecule has 0 saturated carbocycles. The Hall–Kier alpha value is -1.54. The fraction of sp³-hybridized carbons (Fsp3) is 0. The molecule has 0 amide bonds. The molecule has 0 aliphatic carbocycles. The van der Waals surface area contributed by atoms with Crippen molar-refractivity contribution in [2.75, 3.05) is 0 Å². The summed E-state index contributed by atoms with van der Waals surface area (Å²) in [5.74, 6) is -1.07. The van der Waals surface area contributed by atoms with E-state index in [1.54, 1.807) is 6.07 Å². The van der Waals surface area contributed by atoms with E-state index >= 15 is 0 Å². The van der Waals surface area contributed by atoms with Gasteiger partial charge in [0.2, 0.25) is 0 Å². The third kappa shape index (κ3) is 1.97. The normalized spacial score (nSPS) is 8.92. The third-order valence-corrected chi connectivity index (χ3v) is 1.69. The van der Waals surface area contributed by atoms with E-state index in [0.29, 0.717) is 4.90 Å². The fourth-order valence-corrected chi connectivity index (χ4v) is 0.967. The van der Waals surface area contributed by atoms with E-state index in [2.05, 4.69) is 4.98 Å². The maximum absolute atomic E-state index is 10.3. The van der Waals surface area contributed by atoms with Crippen LogP contribution in [0.5, 0.6) is 0 Å². The van der Waals surface area contributed by atoms with Crippen LogP contribution in [0.3, 0.4) is 0 Å². The molecule has 4 nitrogen and oxygen atoms in total. The maximum Gasteiger partial charge on any atom is 0.354 e. The Morgan fingerprint density at radius 3 is 2.83 bits per heavy atom. The van der Waals surface area contributed by atoms with Crippen molar-refractivity contribution in [1.29, 1.82) is 5.26 Å². The molecule has 0 bridgehead atoms. The van der Waals surface area contributed by atoms with E-state index in [9.17, 15) is 4.79 Å². The van der Waals surface area contributed by atoms with Crippen LogP contribution in [0.4, 0.5) is 0 Å². The second-order valence-corrected chi connectivity index (χ2v) is 2.74. The van der Waals surface area contributed by atoms with E-state index in [4.69, 9.17) is 10.4 Å². The summed E-state index contributed by atoms with van der Waals surface area (Å²) >= 11 is 0.946. The van der Waals surface area contributed by atoms with Crippen LogP contribution in [0.15, 0.2) is 23.2 Å². The number of carbonyl (C=O) groups is 1. The summed E-state index contributed by atoms with van der Waals surface area (Å²) < 4.78 is 0. The van der Waals surface area contributed by atoms with Crippen molar-refractivity contribution in [2.45, 2.75) is 4.90 Å². The molecule has 0 aliphatic rings. The highest BCUT2D eigenvalue weighted by molar-refractivity contribution is 8.03. The molecule has 5 heteroatoms. The average Bonchev–Trinajstić information content (AvgIpc) is 2.06. The zero-order chi connectivity index (χ0) is 8.97. The molecular weight excluding hydrogens is 176 g/mol. The number of carboxylic acids is 1. The minimum Gasteiger partial charge on any atom is -0.477 e. The highest BCUT2D eigenvalue weighted by atomic mass is 32.2. The summed E-state index contributed by atoms with van der Waals surface area (Å²) in [6.07, 6.45) is 1.36. The van der Waals surface area contributed by atoms with Gasteiger partial charge in [0.25, 0.3) is 0 Å².